The predicted octanol–water partition coefficient (Wildman–Crippen LogP) is 1.50. The second kappa shape index (κ2) is 15.7. The number of aromatic nitrogens is 4. The van der Waals surface area contributed by atoms with Gasteiger partial charge in [0, 0.05) is 27.2 Å². The zero-order valence-corrected chi connectivity index (χ0v) is 28.8. The number of rotatable bonds is 7. The molecular formula is C33H44N6O10. The van der Waals surface area contributed by atoms with Gasteiger partial charge in [0.1, 0.15) is 23.9 Å². The van der Waals surface area contributed by atoms with Crippen LogP contribution < -0.4 is 15.9 Å². The molecule has 2 N–H and O–H groups in total. The predicted molar refractivity (Wildman–Crippen MR) is 176 cm³/mol. The first kappa shape index (κ1) is 37.2. The Bertz CT molecular complexity index is 1770. The molecule has 0 saturated carbocycles. The average molecular weight is 685 g/mol. The van der Waals surface area contributed by atoms with Crippen LogP contribution in [0.1, 0.15) is 71.0 Å². The van der Waals surface area contributed by atoms with Crippen molar-refractivity contribution in [1.82, 2.24) is 28.9 Å². The highest BCUT2D eigenvalue weighted by atomic mass is 16.6. The highest BCUT2D eigenvalue weighted by Gasteiger charge is 2.32. The summed E-state index contributed by atoms with van der Waals surface area (Å²) in [5.41, 5.74) is -1.81. The molecule has 0 radical (unpaired) electrons. The standard InChI is InChI=1S/C22H29N3O5.C11H15N3O5/c1-22(2,3)30-21(27)17-18(29-13-15-9-7-6-8-10-15)20(26)25(5)19(23-17)16-14-28-12-11-24(16)4;1-13-3-4-19-5-6(13)9-12-7(11(17)18)8(15)10(16)14(9)2/h6-10,16H,11-14H2,1-5H3;6,15H,3-5H2,1-2H3,(H,17,18). The van der Waals surface area contributed by atoms with Crippen molar-refractivity contribution in [3.8, 4) is 11.5 Å². The number of carbonyl (C=O) groups excluding carboxylic acids is 1. The lowest BCUT2D eigenvalue weighted by Crippen LogP contribution is -2.41. The number of hydrogen-bond donors (Lipinski definition) is 2. The maximum absolute atomic E-state index is 13.2. The van der Waals surface area contributed by atoms with Gasteiger partial charge in [-0.25, -0.2) is 19.6 Å². The number of hydrogen-bond acceptors (Lipinski definition) is 13. The summed E-state index contributed by atoms with van der Waals surface area (Å²) in [5.74, 6) is -2.38. The van der Waals surface area contributed by atoms with E-state index in [-0.39, 0.29) is 36.0 Å². The Morgan fingerprint density at radius 2 is 1.37 bits per heavy atom. The molecule has 2 fully saturated rings. The van der Waals surface area contributed by atoms with E-state index in [9.17, 15) is 24.3 Å². The van der Waals surface area contributed by atoms with Gasteiger partial charge in [-0.2, -0.15) is 0 Å². The van der Waals surface area contributed by atoms with Crippen LogP contribution in [0.4, 0.5) is 0 Å². The van der Waals surface area contributed by atoms with E-state index in [4.69, 9.17) is 24.1 Å². The van der Waals surface area contributed by atoms with Crippen molar-refractivity contribution < 1.29 is 38.7 Å². The van der Waals surface area contributed by atoms with Crippen molar-refractivity contribution in [2.75, 3.05) is 53.6 Å². The molecule has 5 rings (SSSR count). The van der Waals surface area contributed by atoms with Gasteiger partial charge >= 0.3 is 11.9 Å². The number of esters is 1. The summed E-state index contributed by atoms with van der Waals surface area (Å²) in [6, 6.07) is 8.86. The van der Waals surface area contributed by atoms with Gasteiger partial charge in [0.05, 0.1) is 38.5 Å². The Balaban J connectivity index is 0.000000244. The summed E-state index contributed by atoms with van der Waals surface area (Å²) >= 11 is 0. The van der Waals surface area contributed by atoms with Crippen molar-refractivity contribution in [1.29, 1.82) is 0 Å². The number of benzene rings is 1. The molecule has 49 heavy (non-hydrogen) atoms. The minimum Gasteiger partial charge on any atom is -0.501 e. The summed E-state index contributed by atoms with van der Waals surface area (Å²) in [5, 5.41) is 18.5. The minimum atomic E-state index is -1.43. The van der Waals surface area contributed by atoms with E-state index in [1.54, 1.807) is 27.8 Å². The molecule has 2 aromatic heterocycles. The lowest BCUT2D eigenvalue weighted by Gasteiger charge is -2.33. The molecule has 16 heteroatoms. The maximum Gasteiger partial charge on any atom is 0.361 e. The van der Waals surface area contributed by atoms with Crippen molar-refractivity contribution >= 4 is 11.9 Å². The summed E-state index contributed by atoms with van der Waals surface area (Å²) in [7, 11) is 6.85. The molecule has 2 atom stereocenters. The molecule has 4 heterocycles. The van der Waals surface area contributed by atoms with Gasteiger partial charge in [0.2, 0.25) is 11.5 Å². The zero-order chi connectivity index (χ0) is 36.0. The lowest BCUT2D eigenvalue weighted by atomic mass is 10.2. The number of aromatic hydroxyl groups is 1. The highest BCUT2D eigenvalue weighted by molar-refractivity contribution is 5.90. The number of carboxylic acids is 1. The van der Waals surface area contributed by atoms with Gasteiger partial charge in [0.25, 0.3) is 11.1 Å². The molecule has 1 aromatic carbocycles. The van der Waals surface area contributed by atoms with Crippen LogP contribution in [0.3, 0.4) is 0 Å². The van der Waals surface area contributed by atoms with E-state index >= 15 is 0 Å². The average Bonchev–Trinajstić information content (AvgIpc) is 3.05. The number of likely N-dealkylation sites (N-methyl/N-ethyl adjacent to an activating group) is 2. The second-order valence-corrected chi connectivity index (χ2v) is 12.8. The fraction of sp³-hybridized carbons (Fsp3) is 0.515. The van der Waals surface area contributed by atoms with Crippen molar-refractivity contribution in [2.24, 2.45) is 14.1 Å². The van der Waals surface area contributed by atoms with Crippen LogP contribution >= 0.6 is 0 Å². The summed E-state index contributed by atoms with van der Waals surface area (Å²) in [6.07, 6.45) is 0. The van der Waals surface area contributed by atoms with E-state index in [1.165, 1.54) is 11.6 Å². The van der Waals surface area contributed by atoms with Crippen molar-refractivity contribution in [2.45, 2.75) is 45.1 Å². The summed E-state index contributed by atoms with van der Waals surface area (Å²) in [6.45, 7) is 8.68. The van der Waals surface area contributed by atoms with Crippen molar-refractivity contribution in [3.63, 3.8) is 0 Å². The quantitative estimate of drug-likeness (QED) is 0.341. The molecule has 0 spiro atoms. The highest BCUT2D eigenvalue weighted by Crippen LogP contribution is 2.25. The lowest BCUT2D eigenvalue weighted by molar-refractivity contribution is -0.00146. The second-order valence-electron chi connectivity index (χ2n) is 12.8. The smallest absolute Gasteiger partial charge is 0.361 e. The van der Waals surface area contributed by atoms with E-state index in [0.29, 0.717) is 45.3 Å². The molecule has 0 aliphatic carbocycles. The molecule has 0 amide bonds. The third-order valence-electron chi connectivity index (χ3n) is 7.99. The van der Waals surface area contributed by atoms with Crippen LogP contribution in [0.2, 0.25) is 0 Å². The van der Waals surface area contributed by atoms with Crippen molar-refractivity contribution in [3.05, 3.63) is 79.6 Å². The van der Waals surface area contributed by atoms with E-state index in [1.807, 2.05) is 49.3 Å². The molecule has 2 aliphatic heterocycles. The Labute approximate surface area is 283 Å². The first-order valence-corrected chi connectivity index (χ1v) is 15.7. The van der Waals surface area contributed by atoms with Gasteiger partial charge in [-0.3, -0.25) is 28.5 Å². The third kappa shape index (κ3) is 8.89. The molecular weight excluding hydrogens is 640 g/mol. The topological polar surface area (TPSA) is 188 Å². The Morgan fingerprint density at radius 3 is 1.86 bits per heavy atom. The summed E-state index contributed by atoms with van der Waals surface area (Å²) in [4.78, 5) is 61.3. The van der Waals surface area contributed by atoms with Crippen LogP contribution in [-0.4, -0.2) is 110 Å². The molecule has 2 aliphatic rings. The third-order valence-corrected chi connectivity index (χ3v) is 7.99. The maximum atomic E-state index is 13.2. The number of aromatic carboxylic acids is 1. The molecule has 2 unspecified atom stereocenters. The molecule has 266 valence electrons. The molecule has 3 aromatic rings. The fourth-order valence-electron chi connectivity index (χ4n) is 5.19. The first-order chi connectivity index (χ1) is 23.1. The van der Waals surface area contributed by atoms with Gasteiger partial charge < -0.3 is 29.2 Å². The normalized spacial score (nSPS) is 18.7. The number of ether oxygens (including phenoxy) is 4. The van der Waals surface area contributed by atoms with E-state index < -0.39 is 40.1 Å². The Kier molecular flexibility index (Phi) is 11.9. The van der Waals surface area contributed by atoms with Gasteiger partial charge in [-0.1, -0.05) is 30.3 Å². The Morgan fingerprint density at radius 1 is 0.857 bits per heavy atom. The number of carboxylic acid groups (broad SMARTS) is 1. The summed E-state index contributed by atoms with van der Waals surface area (Å²) < 4.78 is 24.8. The number of carbonyl (C=O) groups is 2. The monoisotopic (exact) mass is 684 g/mol. The fourth-order valence-corrected chi connectivity index (χ4v) is 5.19. The van der Waals surface area contributed by atoms with Gasteiger partial charge in [0.15, 0.2) is 11.4 Å². The van der Waals surface area contributed by atoms with Crippen LogP contribution in [0, 0.1) is 0 Å². The van der Waals surface area contributed by atoms with Gasteiger partial charge in [-0.15, -0.1) is 0 Å². The molecule has 0 bridgehead atoms. The SMILES string of the molecule is CN1CCOCC1c1nc(C(=O)O)c(O)c(=O)n1C.CN1CCOCC1c1nc(C(=O)OC(C)(C)C)c(OCc2ccccc2)c(=O)n1C. The van der Waals surface area contributed by atoms with E-state index in [0.717, 1.165) is 10.1 Å². The first-order valence-electron chi connectivity index (χ1n) is 15.7. The number of nitrogens with zero attached hydrogens (tertiary/aromatic N) is 6. The Hall–Kier alpha value is -4.64. The van der Waals surface area contributed by atoms with Crippen LogP contribution in [0.25, 0.3) is 0 Å². The largest absolute Gasteiger partial charge is 0.501 e. The zero-order valence-electron chi connectivity index (χ0n) is 28.8. The number of morpholine rings is 2. The van der Waals surface area contributed by atoms with Crippen LogP contribution in [0.5, 0.6) is 11.5 Å². The molecule has 2 saturated heterocycles. The molecule has 16 nitrogen and oxygen atoms in total. The van der Waals surface area contributed by atoms with Crippen LogP contribution in [0.15, 0.2) is 39.9 Å². The van der Waals surface area contributed by atoms with Gasteiger partial charge in [-0.05, 0) is 40.4 Å². The minimum absolute atomic E-state index is 0.112. The van der Waals surface area contributed by atoms with E-state index in [2.05, 4.69) is 14.9 Å². The van der Waals surface area contributed by atoms with Crippen LogP contribution in [-0.2, 0) is 34.9 Å².